The molecule has 0 spiro atoms. The molecule has 4 aromatic rings. The molecule has 0 saturated carbocycles. The molecule has 0 bridgehead atoms. The van der Waals surface area contributed by atoms with Crippen molar-refractivity contribution in [2.45, 2.75) is 32.9 Å². The molecule has 2 atom stereocenters. The molecule has 0 aliphatic carbocycles. The van der Waals surface area contributed by atoms with Gasteiger partial charge >= 0.3 is 0 Å². The number of aromatic nitrogens is 4. The van der Waals surface area contributed by atoms with Crippen molar-refractivity contribution in [3.63, 3.8) is 0 Å². The van der Waals surface area contributed by atoms with E-state index in [0.29, 0.717) is 45.7 Å². The molecule has 9 heteroatoms. The third-order valence-corrected chi connectivity index (χ3v) is 5.58. The third-order valence-electron chi connectivity index (χ3n) is 5.58. The number of nitrogens with one attached hydrogen (secondary N) is 3. The second-order valence-electron chi connectivity index (χ2n) is 8.29. The molecule has 31 heavy (non-hydrogen) atoms. The maximum Gasteiger partial charge on any atom is 0.163 e. The van der Waals surface area contributed by atoms with E-state index in [-0.39, 0.29) is 5.82 Å². The van der Waals surface area contributed by atoms with Crippen LogP contribution in [-0.4, -0.2) is 44.8 Å². The summed E-state index contributed by atoms with van der Waals surface area (Å²) >= 11 is 0. The Kier molecular flexibility index (Phi) is 4.52. The van der Waals surface area contributed by atoms with E-state index >= 15 is 4.39 Å². The molecular formula is C22H23FN8. The molecule has 4 heterocycles. The van der Waals surface area contributed by atoms with Crippen molar-refractivity contribution in [3.8, 4) is 6.07 Å². The van der Waals surface area contributed by atoms with Crippen LogP contribution in [0.2, 0.25) is 0 Å². The number of pyridine rings is 1. The van der Waals surface area contributed by atoms with Gasteiger partial charge < -0.3 is 19.9 Å². The molecule has 1 fully saturated rings. The number of hydrogen-bond donors (Lipinski definition) is 3. The summed E-state index contributed by atoms with van der Waals surface area (Å²) in [5.41, 5.74) is 3.92. The summed E-state index contributed by atoms with van der Waals surface area (Å²) in [4.78, 5) is 6.56. The van der Waals surface area contributed by atoms with Gasteiger partial charge in [0.2, 0.25) is 0 Å². The van der Waals surface area contributed by atoms with Gasteiger partial charge in [-0.15, -0.1) is 0 Å². The summed E-state index contributed by atoms with van der Waals surface area (Å²) in [5.74, 6) is 0.0313. The number of nitriles is 1. The largest absolute Gasteiger partial charge is 0.368 e. The lowest BCUT2D eigenvalue weighted by Gasteiger charge is -2.37. The topological polar surface area (TPSA) is 97.1 Å². The van der Waals surface area contributed by atoms with Crippen LogP contribution in [0.3, 0.4) is 0 Å². The zero-order valence-corrected chi connectivity index (χ0v) is 17.6. The zero-order valence-electron chi connectivity index (χ0n) is 17.6. The van der Waals surface area contributed by atoms with Crippen molar-refractivity contribution in [2.24, 2.45) is 0 Å². The number of nitrogens with zero attached hydrogens (tertiary/aromatic N) is 5. The number of aryl methyl sites for hydroxylation is 1. The molecule has 0 amide bonds. The van der Waals surface area contributed by atoms with Crippen LogP contribution < -0.4 is 15.5 Å². The zero-order chi connectivity index (χ0) is 21.7. The van der Waals surface area contributed by atoms with Crippen molar-refractivity contribution in [3.05, 3.63) is 47.7 Å². The lowest BCUT2D eigenvalue weighted by molar-refractivity contribution is 0.407. The van der Waals surface area contributed by atoms with E-state index in [4.69, 9.17) is 0 Å². The van der Waals surface area contributed by atoms with Crippen molar-refractivity contribution < 1.29 is 4.39 Å². The van der Waals surface area contributed by atoms with Gasteiger partial charge in [0.05, 0.1) is 27.8 Å². The molecule has 1 aliphatic rings. The molecule has 3 N–H and O–H groups in total. The van der Waals surface area contributed by atoms with Gasteiger partial charge in [-0.3, -0.25) is 5.10 Å². The van der Waals surface area contributed by atoms with E-state index in [9.17, 15) is 5.26 Å². The summed E-state index contributed by atoms with van der Waals surface area (Å²) in [5, 5.41) is 23.7. The van der Waals surface area contributed by atoms with Gasteiger partial charge in [0.1, 0.15) is 11.9 Å². The fourth-order valence-corrected chi connectivity index (χ4v) is 4.41. The van der Waals surface area contributed by atoms with Crippen LogP contribution in [0.4, 0.5) is 21.6 Å². The van der Waals surface area contributed by atoms with E-state index in [0.717, 1.165) is 24.5 Å². The number of aromatic amines is 1. The van der Waals surface area contributed by atoms with Crippen molar-refractivity contribution in [1.82, 2.24) is 24.9 Å². The summed E-state index contributed by atoms with van der Waals surface area (Å²) in [6.07, 6.45) is 3.65. The highest BCUT2D eigenvalue weighted by molar-refractivity contribution is 5.94. The minimum atomic E-state index is -0.345. The molecule has 5 rings (SSSR count). The normalized spacial score (nSPS) is 19.1. The lowest BCUT2D eigenvalue weighted by Crippen LogP contribution is -2.54. The van der Waals surface area contributed by atoms with Gasteiger partial charge in [-0.05, 0) is 39.0 Å². The van der Waals surface area contributed by atoms with E-state index < -0.39 is 0 Å². The van der Waals surface area contributed by atoms with E-state index in [1.807, 2.05) is 25.4 Å². The van der Waals surface area contributed by atoms with Crippen molar-refractivity contribution in [1.29, 1.82) is 5.26 Å². The second kappa shape index (κ2) is 7.25. The van der Waals surface area contributed by atoms with Gasteiger partial charge in [0.25, 0.3) is 0 Å². The van der Waals surface area contributed by atoms with Crippen LogP contribution in [-0.2, 0) is 0 Å². The Morgan fingerprint density at radius 1 is 1.19 bits per heavy atom. The second-order valence-corrected chi connectivity index (χ2v) is 8.29. The minimum absolute atomic E-state index is 0.331. The Morgan fingerprint density at radius 2 is 1.97 bits per heavy atom. The number of rotatable bonds is 3. The third kappa shape index (κ3) is 3.45. The summed E-state index contributed by atoms with van der Waals surface area (Å²) < 4.78 is 17.0. The Labute approximate surface area is 178 Å². The molecule has 8 nitrogen and oxygen atoms in total. The Hall–Kier alpha value is -3.64. The first-order valence-electron chi connectivity index (χ1n) is 10.3. The molecule has 1 aromatic carbocycles. The highest BCUT2D eigenvalue weighted by Gasteiger charge is 2.23. The van der Waals surface area contributed by atoms with Crippen LogP contribution in [0.1, 0.15) is 25.1 Å². The number of benzene rings is 1. The summed E-state index contributed by atoms with van der Waals surface area (Å²) in [6.45, 7) is 7.76. The first-order chi connectivity index (χ1) is 14.9. The monoisotopic (exact) mass is 418 g/mol. The van der Waals surface area contributed by atoms with Gasteiger partial charge in [-0.1, -0.05) is 0 Å². The maximum absolute atomic E-state index is 15.2. The SMILES string of the molecule is Cc1cn2cc(Nc3n[nH]c4cc(N5C[C@H](C)N[C@@H](C)C5)cc(F)c34)cc(C#N)c2n1. The highest BCUT2D eigenvalue weighted by atomic mass is 19.1. The molecule has 158 valence electrons. The summed E-state index contributed by atoms with van der Waals surface area (Å²) in [6, 6.07) is 8.02. The fourth-order valence-electron chi connectivity index (χ4n) is 4.41. The van der Waals surface area contributed by atoms with Crippen LogP contribution in [0.25, 0.3) is 16.6 Å². The first kappa shape index (κ1) is 19.3. The van der Waals surface area contributed by atoms with E-state index in [1.54, 1.807) is 16.5 Å². The van der Waals surface area contributed by atoms with E-state index in [1.165, 1.54) is 0 Å². The average Bonchev–Trinajstić information content (AvgIpc) is 3.29. The average molecular weight is 418 g/mol. The maximum atomic E-state index is 15.2. The predicted octanol–water partition coefficient (Wildman–Crippen LogP) is 3.46. The number of H-pyrrole nitrogens is 1. The van der Waals surface area contributed by atoms with Gasteiger partial charge in [0.15, 0.2) is 11.5 Å². The molecule has 1 saturated heterocycles. The highest BCUT2D eigenvalue weighted by Crippen LogP contribution is 2.31. The molecule has 0 unspecified atom stereocenters. The predicted molar refractivity (Wildman–Crippen MR) is 118 cm³/mol. The smallest absolute Gasteiger partial charge is 0.163 e. The molecule has 1 aliphatic heterocycles. The standard InChI is InChI=1S/C22H23FN8/c1-12-8-30(9-13(2)25-12)17-5-18(23)20-19(6-17)28-29-21(20)27-16-4-15(7-24)22-26-14(3)10-31(22)11-16/h4-6,10-13,25H,8-9H2,1-3H3,(H2,27,28,29)/t12-,13-/m0/s1. The molecular weight excluding hydrogens is 395 g/mol. The molecule has 0 radical (unpaired) electrons. The van der Waals surface area contributed by atoms with Crippen LogP contribution in [0.15, 0.2) is 30.6 Å². The number of piperazine rings is 1. The van der Waals surface area contributed by atoms with Gasteiger partial charge in [-0.25, -0.2) is 9.37 Å². The number of fused-ring (bicyclic) bond motifs is 2. The Balaban J connectivity index is 1.51. The Bertz CT molecular complexity index is 1320. The van der Waals surface area contributed by atoms with Crippen LogP contribution >= 0.6 is 0 Å². The van der Waals surface area contributed by atoms with Crippen LogP contribution in [0.5, 0.6) is 0 Å². The minimum Gasteiger partial charge on any atom is -0.368 e. The Morgan fingerprint density at radius 3 is 2.71 bits per heavy atom. The number of anilines is 3. The lowest BCUT2D eigenvalue weighted by atomic mass is 10.1. The van der Waals surface area contributed by atoms with Crippen molar-refractivity contribution >= 4 is 33.7 Å². The number of halogens is 1. The number of imidazole rings is 1. The number of hydrogen-bond acceptors (Lipinski definition) is 6. The van der Waals surface area contributed by atoms with Crippen molar-refractivity contribution in [2.75, 3.05) is 23.3 Å². The van der Waals surface area contributed by atoms with E-state index in [2.05, 4.69) is 50.6 Å². The van der Waals surface area contributed by atoms with Crippen LogP contribution in [0, 0.1) is 24.1 Å². The molecule has 3 aromatic heterocycles. The summed E-state index contributed by atoms with van der Waals surface area (Å²) in [7, 11) is 0. The quantitative estimate of drug-likeness (QED) is 0.471. The van der Waals surface area contributed by atoms with Gasteiger partial charge in [-0.2, -0.15) is 10.4 Å². The fraction of sp³-hybridized carbons (Fsp3) is 0.318. The first-order valence-corrected chi connectivity index (χ1v) is 10.3. The van der Waals surface area contributed by atoms with Gasteiger partial charge in [0, 0.05) is 43.3 Å².